The minimum atomic E-state index is 0.216. The molecule has 0 radical (unpaired) electrons. The molecular weight excluding hydrogens is 254 g/mol. The Kier molecular flexibility index (Phi) is 3.83. The van der Waals surface area contributed by atoms with Crippen LogP contribution in [0.25, 0.3) is 0 Å². The van der Waals surface area contributed by atoms with Crippen molar-refractivity contribution in [2.24, 2.45) is 0 Å². The van der Waals surface area contributed by atoms with Crippen molar-refractivity contribution in [3.63, 3.8) is 0 Å². The Hall–Kier alpha value is -2.41. The Morgan fingerprint density at radius 2 is 1.10 bits per heavy atom. The second-order valence-corrected chi connectivity index (χ2v) is 5.44. The first kappa shape index (κ1) is 13.6. The van der Waals surface area contributed by atoms with Gasteiger partial charge in [-0.2, -0.15) is 4.57 Å². The third kappa shape index (κ3) is 2.73. The summed E-state index contributed by atoms with van der Waals surface area (Å²) in [4.78, 5) is 0. The second-order valence-electron chi connectivity index (χ2n) is 5.44. The zero-order chi connectivity index (χ0) is 14.7. The van der Waals surface area contributed by atoms with Crippen LogP contribution in [0.3, 0.4) is 0 Å². The molecule has 1 nitrogen and oxygen atoms in total. The van der Waals surface area contributed by atoms with E-state index in [9.17, 15) is 0 Å². The first-order chi connectivity index (χ1) is 10.3. The van der Waals surface area contributed by atoms with Crippen LogP contribution < -0.4 is 4.57 Å². The van der Waals surface area contributed by atoms with E-state index in [0.29, 0.717) is 0 Å². The molecule has 0 saturated carbocycles. The molecule has 0 saturated heterocycles. The highest BCUT2D eigenvalue weighted by Gasteiger charge is 2.25. The number of nitrogens with zero attached hydrogens (tertiary/aromatic N) is 1. The van der Waals surface area contributed by atoms with Crippen LogP contribution in [0.2, 0.25) is 0 Å². The lowest BCUT2D eigenvalue weighted by molar-refractivity contribution is -0.705. The molecule has 1 heteroatoms. The molecule has 0 spiro atoms. The smallest absolute Gasteiger partial charge is 0.194 e. The average molecular weight is 274 g/mol. The monoisotopic (exact) mass is 274 g/mol. The van der Waals surface area contributed by atoms with Crippen LogP contribution in [-0.2, 0) is 0 Å². The third-order valence-electron chi connectivity index (χ3n) is 4.00. The van der Waals surface area contributed by atoms with Gasteiger partial charge in [0, 0.05) is 23.3 Å². The minimum Gasteiger partial charge on any atom is -0.194 e. The molecule has 1 aromatic heterocycles. The molecule has 0 unspecified atom stereocenters. The Balaban J connectivity index is 2.22. The van der Waals surface area contributed by atoms with Gasteiger partial charge in [-0.1, -0.05) is 54.6 Å². The number of pyridine rings is 1. The van der Waals surface area contributed by atoms with Crippen molar-refractivity contribution < 1.29 is 4.57 Å². The van der Waals surface area contributed by atoms with E-state index in [2.05, 4.69) is 97.5 Å². The SMILES string of the molecule is Cc1ccccc1C(c1ccccc1C)[n+]1ccccc1. The van der Waals surface area contributed by atoms with Crippen LogP contribution in [0.4, 0.5) is 0 Å². The molecule has 1 heterocycles. The summed E-state index contributed by atoms with van der Waals surface area (Å²) < 4.78 is 2.28. The highest BCUT2D eigenvalue weighted by atomic mass is 15.0. The average Bonchev–Trinajstić information content (AvgIpc) is 2.52. The van der Waals surface area contributed by atoms with Crippen molar-refractivity contribution >= 4 is 0 Å². The molecule has 0 fully saturated rings. The van der Waals surface area contributed by atoms with E-state index in [1.165, 1.54) is 22.3 Å². The zero-order valence-corrected chi connectivity index (χ0v) is 12.5. The molecule has 3 rings (SSSR count). The summed E-state index contributed by atoms with van der Waals surface area (Å²) in [6.07, 6.45) is 4.28. The van der Waals surface area contributed by atoms with Gasteiger partial charge >= 0.3 is 0 Å². The van der Waals surface area contributed by atoms with Crippen molar-refractivity contribution in [1.82, 2.24) is 0 Å². The third-order valence-corrected chi connectivity index (χ3v) is 4.00. The first-order valence-corrected chi connectivity index (χ1v) is 7.34. The van der Waals surface area contributed by atoms with Gasteiger partial charge in [-0.15, -0.1) is 0 Å². The lowest BCUT2D eigenvalue weighted by Gasteiger charge is -2.17. The van der Waals surface area contributed by atoms with Gasteiger partial charge in [0.2, 0.25) is 6.04 Å². The predicted octanol–water partition coefficient (Wildman–Crippen LogP) is 4.23. The second kappa shape index (κ2) is 5.92. The van der Waals surface area contributed by atoms with Crippen molar-refractivity contribution in [2.75, 3.05) is 0 Å². The Labute approximate surface area is 126 Å². The Bertz CT molecular complexity index is 686. The zero-order valence-electron chi connectivity index (χ0n) is 12.5. The van der Waals surface area contributed by atoms with E-state index in [0.717, 1.165) is 0 Å². The summed E-state index contributed by atoms with van der Waals surface area (Å²) >= 11 is 0. The fourth-order valence-electron chi connectivity index (χ4n) is 2.86. The van der Waals surface area contributed by atoms with E-state index in [-0.39, 0.29) is 6.04 Å². The largest absolute Gasteiger partial charge is 0.209 e. The quantitative estimate of drug-likeness (QED) is 0.629. The maximum Gasteiger partial charge on any atom is 0.209 e. The topological polar surface area (TPSA) is 3.88 Å². The van der Waals surface area contributed by atoms with Gasteiger partial charge in [-0.25, -0.2) is 0 Å². The summed E-state index contributed by atoms with van der Waals surface area (Å²) in [7, 11) is 0. The van der Waals surface area contributed by atoms with Crippen LogP contribution in [0, 0.1) is 13.8 Å². The number of aryl methyl sites for hydroxylation is 2. The molecule has 0 aliphatic carbocycles. The number of benzene rings is 2. The standard InChI is InChI=1S/C20H20N/c1-16-10-4-6-12-18(16)20(21-14-8-3-9-15-21)19-13-7-5-11-17(19)2/h3-15,20H,1-2H3/q+1. The summed E-state index contributed by atoms with van der Waals surface area (Å²) in [5.74, 6) is 0. The molecule has 0 N–H and O–H groups in total. The molecule has 0 aliphatic heterocycles. The van der Waals surface area contributed by atoms with Crippen LogP contribution in [-0.4, -0.2) is 0 Å². The maximum absolute atomic E-state index is 2.28. The molecular formula is C20H20N+. The minimum absolute atomic E-state index is 0.216. The molecule has 104 valence electrons. The molecule has 2 aromatic carbocycles. The van der Waals surface area contributed by atoms with E-state index >= 15 is 0 Å². The van der Waals surface area contributed by atoms with Crippen molar-refractivity contribution in [3.05, 3.63) is 101 Å². The van der Waals surface area contributed by atoms with Gasteiger partial charge < -0.3 is 0 Å². The van der Waals surface area contributed by atoms with E-state index < -0.39 is 0 Å². The number of hydrogen-bond acceptors (Lipinski definition) is 0. The van der Waals surface area contributed by atoms with Crippen LogP contribution >= 0.6 is 0 Å². The Morgan fingerprint density at radius 1 is 0.619 bits per heavy atom. The molecule has 3 aromatic rings. The lowest BCUT2D eigenvalue weighted by Crippen LogP contribution is -2.40. The molecule has 0 amide bonds. The van der Waals surface area contributed by atoms with Gasteiger partial charge in [0.15, 0.2) is 12.4 Å². The number of rotatable bonds is 3. The highest BCUT2D eigenvalue weighted by Crippen LogP contribution is 2.26. The van der Waals surface area contributed by atoms with Gasteiger partial charge in [0.25, 0.3) is 0 Å². The van der Waals surface area contributed by atoms with Gasteiger partial charge in [0.1, 0.15) is 0 Å². The highest BCUT2D eigenvalue weighted by molar-refractivity contribution is 5.38. The molecule has 21 heavy (non-hydrogen) atoms. The van der Waals surface area contributed by atoms with Crippen molar-refractivity contribution in [2.45, 2.75) is 19.9 Å². The van der Waals surface area contributed by atoms with Crippen molar-refractivity contribution in [1.29, 1.82) is 0 Å². The van der Waals surface area contributed by atoms with Crippen LogP contribution in [0.1, 0.15) is 28.3 Å². The van der Waals surface area contributed by atoms with Crippen LogP contribution in [0.15, 0.2) is 79.1 Å². The van der Waals surface area contributed by atoms with Gasteiger partial charge in [0.05, 0.1) is 0 Å². The van der Waals surface area contributed by atoms with E-state index in [4.69, 9.17) is 0 Å². The van der Waals surface area contributed by atoms with Gasteiger partial charge in [-0.05, 0) is 25.0 Å². The number of aromatic nitrogens is 1. The lowest BCUT2D eigenvalue weighted by atomic mass is 9.92. The summed E-state index contributed by atoms with van der Waals surface area (Å²) in [6.45, 7) is 4.37. The fraction of sp³-hybridized carbons (Fsp3) is 0.150. The summed E-state index contributed by atoms with van der Waals surface area (Å²) in [5.41, 5.74) is 5.34. The Morgan fingerprint density at radius 3 is 1.57 bits per heavy atom. The summed E-state index contributed by atoms with van der Waals surface area (Å²) in [5, 5.41) is 0. The predicted molar refractivity (Wildman–Crippen MR) is 86.2 cm³/mol. The van der Waals surface area contributed by atoms with Crippen molar-refractivity contribution in [3.8, 4) is 0 Å². The molecule has 0 atom stereocenters. The van der Waals surface area contributed by atoms with Crippen LogP contribution in [0.5, 0.6) is 0 Å². The van der Waals surface area contributed by atoms with Gasteiger partial charge in [-0.3, -0.25) is 0 Å². The maximum atomic E-state index is 2.28. The fourth-order valence-corrected chi connectivity index (χ4v) is 2.86. The first-order valence-electron chi connectivity index (χ1n) is 7.34. The van der Waals surface area contributed by atoms with E-state index in [1.54, 1.807) is 0 Å². The molecule has 0 aliphatic rings. The molecule has 0 bridgehead atoms. The van der Waals surface area contributed by atoms with E-state index in [1.807, 2.05) is 0 Å². The number of hydrogen-bond donors (Lipinski definition) is 0. The summed E-state index contributed by atoms with van der Waals surface area (Å²) in [6, 6.07) is 23.7. The normalized spacial score (nSPS) is 10.8.